The minimum absolute atomic E-state index is 0.0780. The number of methoxy groups -OCH3 is 2. The van der Waals surface area contributed by atoms with Gasteiger partial charge in [-0.3, -0.25) is 0 Å². The van der Waals surface area contributed by atoms with Crippen molar-refractivity contribution in [2.45, 2.75) is 57.1 Å². The fourth-order valence-corrected chi connectivity index (χ4v) is 2.83. The summed E-state index contributed by atoms with van der Waals surface area (Å²) < 4.78 is 10.9. The van der Waals surface area contributed by atoms with Gasteiger partial charge >= 0.3 is 0 Å². The lowest BCUT2D eigenvalue weighted by Crippen LogP contribution is -2.54. The summed E-state index contributed by atoms with van der Waals surface area (Å²) >= 11 is 0. The topological polar surface area (TPSA) is 44.5 Å². The zero-order valence-electron chi connectivity index (χ0n) is 11.0. The van der Waals surface area contributed by atoms with Gasteiger partial charge < -0.3 is 15.2 Å². The predicted molar refractivity (Wildman–Crippen MR) is 66.5 cm³/mol. The second-order valence-electron chi connectivity index (χ2n) is 5.11. The Labute approximate surface area is 99.7 Å². The zero-order chi connectivity index (χ0) is 12.0. The Morgan fingerprint density at radius 1 is 1.19 bits per heavy atom. The molecule has 1 saturated carbocycles. The van der Waals surface area contributed by atoms with E-state index >= 15 is 0 Å². The van der Waals surface area contributed by atoms with Crippen molar-refractivity contribution in [3.63, 3.8) is 0 Å². The Bertz CT molecular complexity index is 190. The van der Waals surface area contributed by atoms with Crippen LogP contribution >= 0.6 is 0 Å². The lowest BCUT2D eigenvalue weighted by molar-refractivity contribution is -0.0718. The van der Waals surface area contributed by atoms with Crippen molar-refractivity contribution in [1.82, 2.24) is 0 Å². The van der Waals surface area contributed by atoms with Crippen molar-refractivity contribution >= 4 is 0 Å². The van der Waals surface area contributed by atoms with Crippen molar-refractivity contribution in [2.24, 2.45) is 11.7 Å². The van der Waals surface area contributed by atoms with Crippen LogP contribution in [0.1, 0.15) is 45.4 Å². The van der Waals surface area contributed by atoms with E-state index in [4.69, 9.17) is 15.2 Å². The van der Waals surface area contributed by atoms with Crippen LogP contribution in [0.5, 0.6) is 0 Å². The van der Waals surface area contributed by atoms with E-state index in [1.807, 2.05) is 7.11 Å². The van der Waals surface area contributed by atoms with E-state index in [2.05, 4.69) is 6.92 Å². The van der Waals surface area contributed by atoms with Crippen molar-refractivity contribution in [3.8, 4) is 0 Å². The second-order valence-corrected chi connectivity index (χ2v) is 5.11. The molecule has 1 aliphatic rings. The maximum atomic E-state index is 6.40. The van der Waals surface area contributed by atoms with Crippen LogP contribution in [-0.2, 0) is 9.47 Å². The second kappa shape index (κ2) is 6.58. The maximum Gasteiger partial charge on any atom is 0.0831 e. The highest BCUT2D eigenvalue weighted by atomic mass is 16.5. The molecule has 2 atom stereocenters. The maximum absolute atomic E-state index is 6.40. The quantitative estimate of drug-likeness (QED) is 0.760. The molecule has 0 spiro atoms. The molecule has 16 heavy (non-hydrogen) atoms. The van der Waals surface area contributed by atoms with Gasteiger partial charge in [0, 0.05) is 26.9 Å². The molecule has 1 fully saturated rings. The van der Waals surface area contributed by atoms with Gasteiger partial charge in [-0.25, -0.2) is 0 Å². The Morgan fingerprint density at radius 3 is 2.31 bits per heavy atom. The van der Waals surface area contributed by atoms with Crippen LogP contribution in [0.3, 0.4) is 0 Å². The Morgan fingerprint density at radius 2 is 1.81 bits per heavy atom. The van der Waals surface area contributed by atoms with Crippen LogP contribution < -0.4 is 5.73 Å². The summed E-state index contributed by atoms with van der Waals surface area (Å²) in [7, 11) is 3.55. The van der Waals surface area contributed by atoms with Crippen LogP contribution in [0.4, 0.5) is 0 Å². The highest BCUT2D eigenvalue weighted by Crippen LogP contribution is 2.36. The van der Waals surface area contributed by atoms with Crippen LogP contribution in [0.2, 0.25) is 0 Å². The molecule has 2 unspecified atom stereocenters. The van der Waals surface area contributed by atoms with Crippen molar-refractivity contribution in [3.05, 3.63) is 0 Å². The summed E-state index contributed by atoms with van der Waals surface area (Å²) in [6.07, 6.45) is 7.06. The van der Waals surface area contributed by atoms with Gasteiger partial charge in [0.2, 0.25) is 0 Å². The first-order valence-electron chi connectivity index (χ1n) is 6.46. The largest absolute Gasteiger partial charge is 0.385 e. The third-order valence-electron chi connectivity index (χ3n) is 4.10. The number of ether oxygens (including phenoxy) is 2. The molecule has 0 amide bonds. The van der Waals surface area contributed by atoms with Crippen LogP contribution in [0.15, 0.2) is 0 Å². The first-order valence-corrected chi connectivity index (χ1v) is 6.46. The summed E-state index contributed by atoms with van der Waals surface area (Å²) in [5, 5.41) is 0. The molecular formula is C13H27NO2. The van der Waals surface area contributed by atoms with Gasteiger partial charge in [0.25, 0.3) is 0 Å². The van der Waals surface area contributed by atoms with E-state index in [9.17, 15) is 0 Å². The number of nitrogens with two attached hydrogens (primary N) is 1. The summed E-state index contributed by atoms with van der Waals surface area (Å²) in [5.41, 5.74) is 6.32. The molecule has 0 heterocycles. The number of hydrogen-bond acceptors (Lipinski definition) is 3. The van der Waals surface area contributed by atoms with Gasteiger partial charge in [-0.15, -0.1) is 0 Å². The number of rotatable bonds is 6. The fourth-order valence-electron chi connectivity index (χ4n) is 2.83. The lowest BCUT2D eigenvalue weighted by Gasteiger charge is -2.43. The van der Waals surface area contributed by atoms with Gasteiger partial charge in [-0.1, -0.05) is 26.2 Å². The van der Waals surface area contributed by atoms with Crippen LogP contribution in [-0.4, -0.2) is 32.5 Å². The predicted octanol–water partition coefficient (Wildman–Crippen LogP) is 2.34. The van der Waals surface area contributed by atoms with E-state index in [1.54, 1.807) is 7.11 Å². The van der Waals surface area contributed by atoms with Crippen LogP contribution in [0, 0.1) is 5.92 Å². The lowest BCUT2D eigenvalue weighted by atomic mass is 9.74. The first kappa shape index (κ1) is 13.9. The SMILES string of the molecule is COCCC(C)C(N)C1(OC)CCCCC1. The highest BCUT2D eigenvalue weighted by molar-refractivity contribution is 4.95. The van der Waals surface area contributed by atoms with E-state index in [1.165, 1.54) is 19.3 Å². The third kappa shape index (κ3) is 3.19. The van der Waals surface area contributed by atoms with E-state index in [-0.39, 0.29) is 11.6 Å². The Hall–Kier alpha value is -0.120. The van der Waals surface area contributed by atoms with Gasteiger partial charge in [0.1, 0.15) is 0 Å². The molecule has 2 N–H and O–H groups in total. The zero-order valence-corrected chi connectivity index (χ0v) is 11.0. The molecule has 1 rings (SSSR count). The molecule has 0 aromatic carbocycles. The summed E-state index contributed by atoms with van der Waals surface area (Å²) in [6.45, 7) is 2.99. The summed E-state index contributed by atoms with van der Waals surface area (Å²) in [4.78, 5) is 0. The fraction of sp³-hybridized carbons (Fsp3) is 1.00. The summed E-state index contributed by atoms with van der Waals surface area (Å²) in [5.74, 6) is 0.456. The Kier molecular flexibility index (Phi) is 5.73. The molecule has 1 aliphatic carbocycles. The van der Waals surface area contributed by atoms with Gasteiger partial charge in [0.15, 0.2) is 0 Å². The average Bonchev–Trinajstić information content (AvgIpc) is 2.35. The van der Waals surface area contributed by atoms with Crippen LogP contribution in [0.25, 0.3) is 0 Å². The first-order chi connectivity index (χ1) is 7.66. The van der Waals surface area contributed by atoms with Gasteiger partial charge in [-0.2, -0.15) is 0 Å². The standard InChI is InChI=1S/C13H27NO2/c1-11(7-10-15-2)12(14)13(16-3)8-5-4-6-9-13/h11-12H,4-10,14H2,1-3H3. The molecule has 0 saturated heterocycles. The average molecular weight is 229 g/mol. The molecule has 0 radical (unpaired) electrons. The molecular weight excluding hydrogens is 202 g/mol. The van der Waals surface area contributed by atoms with Crippen molar-refractivity contribution in [1.29, 1.82) is 0 Å². The van der Waals surface area contributed by atoms with Gasteiger partial charge in [-0.05, 0) is 25.2 Å². The Balaban J connectivity index is 2.56. The number of hydrogen-bond donors (Lipinski definition) is 1. The molecule has 0 aromatic heterocycles. The van der Waals surface area contributed by atoms with E-state index in [0.717, 1.165) is 25.9 Å². The minimum Gasteiger partial charge on any atom is -0.385 e. The van der Waals surface area contributed by atoms with Crippen molar-refractivity contribution < 1.29 is 9.47 Å². The minimum atomic E-state index is -0.0780. The molecule has 3 nitrogen and oxygen atoms in total. The third-order valence-corrected chi connectivity index (χ3v) is 4.10. The normalized spacial score (nSPS) is 24.0. The molecule has 0 aromatic rings. The van der Waals surface area contributed by atoms with Gasteiger partial charge in [0.05, 0.1) is 5.60 Å². The molecule has 0 aliphatic heterocycles. The summed E-state index contributed by atoms with van der Waals surface area (Å²) in [6, 6.07) is 0.132. The highest BCUT2D eigenvalue weighted by Gasteiger charge is 2.40. The molecule has 3 heteroatoms. The molecule has 0 bridgehead atoms. The van der Waals surface area contributed by atoms with Crippen molar-refractivity contribution in [2.75, 3.05) is 20.8 Å². The van der Waals surface area contributed by atoms with E-state index in [0.29, 0.717) is 5.92 Å². The van der Waals surface area contributed by atoms with E-state index < -0.39 is 0 Å². The smallest absolute Gasteiger partial charge is 0.0831 e. The molecule has 96 valence electrons. The monoisotopic (exact) mass is 229 g/mol.